The minimum Gasteiger partial charge on any atom is -0.495 e. The Morgan fingerprint density at radius 3 is 2.64 bits per heavy atom. The second-order valence-corrected chi connectivity index (χ2v) is 6.74. The molecule has 0 heterocycles. The average molecular weight is 469 g/mol. The number of ether oxygens (including phenoxy) is 1. The SMILES string of the molecule is COc1c(Br)cc(Br)cc1/C=N\NC(=O)c1cccc(NC(C)=O)c1. The van der Waals surface area contributed by atoms with Gasteiger partial charge in [0, 0.05) is 28.2 Å². The Balaban J connectivity index is 2.12. The summed E-state index contributed by atoms with van der Waals surface area (Å²) in [6.07, 6.45) is 1.49. The fraction of sp³-hybridized carbons (Fsp3) is 0.118. The third-order valence-electron chi connectivity index (χ3n) is 3.06. The fourth-order valence-corrected chi connectivity index (χ4v) is 3.48. The van der Waals surface area contributed by atoms with E-state index in [1.165, 1.54) is 13.1 Å². The number of amides is 2. The van der Waals surface area contributed by atoms with Crippen molar-refractivity contribution < 1.29 is 14.3 Å². The summed E-state index contributed by atoms with van der Waals surface area (Å²) in [6.45, 7) is 1.40. The van der Waals surface area contributed by atoms with E-state index in [4.69, 9.17) is 4.74 Å². The maximum absolute atomic E-state index is 12.2. The maximum Gasteiger partial charge on any atom is 0.271 e. The third-order valence-corrected chi connectivity index (χ3v) is 4.10. The first kappa shape index (κ1) is 19.1. The number of nitrogens with one attached hydrogen (secondary N) is 2. The molecule has 6 nitrogen and oxygen atoms in total. The normalized spacial score (nSPS) is 10.6. The van der Waals surface area contributed by atoms with Gasteiger partial charge in [-0.25, -0.2) is 5.43 Å². The molecule has 2 rings (SSSR count). The van der Waals surface area contributed by atoms with Crippen LogP contribution in [0.15, 0.2) is 50.4 Å². The molecule has 2 aromatic carbocycles. The summed E-state index contributed by atoms with van der Waals surface area (Å²) in [5.41, 5.74) is 4.06. The average Bonchev–Trinajstić information content (AvgIpc) is 2.54. The molecule has 8 heteroatoms. The molecule has 0 saturated heterocycles. The molecular formula is C17H15Br2N3O3. The van der Waals surface area contributed by atoms with Gasteiger partial charge in [-0.1, -0.05) is 22.0 Å². The highest BCUT2D eigenvalue weighted by molar-refractivity contribution is 9.11. The van der Waals surface area contributed by atoms with Crippen LogP contribution < -0.4 is 15.5 Å². The van der Waals surface area contributed by atoms with E-state index in [2.05, 4.69) is 47.7 Å². The molecule has 0 aromatic heterocycles. The highest BCUT2D eigenvalue weighted by atomic mass is 79.9. The van der Waals surface area contributed by atoms with Crippen molar-refractivity contribution in [1.29, 1.82) is 0 Å². The molecule has 0 bridgehead atoms. The maximum atomic E-state index is 12.2. The zero-order valence-corrected chi connectivity index (χ0v) is 16.6. The molecule has 0 atom stereocenters. The Morgan fingerprint density at radius 1 is 1.20 bits per heavy atom. The van der Waals surface area contributed by atoms with E-state index in [0.29, 0.717) is 22.6 Å². The molecule has 2 amide bonds. The molecule has 0 fully saturated rings. The summed E-state index contributed by atoms with van der Waals surface area (Å²) in [5, 5.41) is 6.59. The molecule has 130 valence electrons. The van der Waals surface area contributed by atoms with Crippen LogP contribution in [0.1, 0.15) is 22.8 Å². The number of hydrazone groups is 1. The van der Waals surface area contributed by atoms with E-state index < -0.39 is 5.91 Å². The number of halogens is 2. The summed E-state index contributed by atoms with van der Waals surface area (Å²) in [6, 6.07) is 10.2. The smallest absolute Gasteiger partial charge is 0.271 e. The molecule has 0 aliphatic carbocycles. The Morgan fingerprint density at radius 2 is 1.96 bits per heavy atom. The van der Waals surface area contributed by atoms with Gasteiger partial charge in [0.2, 0.25) is 5.91 Å². The van der Waals surface area contributed by atoms with Gasteiger partial charge in [-0.2, -0.15) is 5.10 Å². The van der Waals surface area contributed by atoms with Gasteiger partial charge in [0.05, 0.1) is 17.8 Å². The Bertz CT molecular complexity index is 838. The van der Waals surface area contributed by atoms with Crippen molar-refractivity contribution in [3.8, 4) is 5.75 Å². The van der Waals surface area contributed by atoms with E-state index >= 15 is 0 Å². The standard InChI is InChI=1S/C17H15Br2N3O3/c1-10(23)21-14-5-3-4-11(7-14)17(24)22-20-9-12-6-13(18)8-15(19)16(12)25-2/h3-9H,1-2H3,(H,21,23)(H,22,24)/b20-9-. The van der Waals surface area contributed by atoms with Crippen LogP contribution >= 0.6 is 31.9 Å². The highest BCUT2D eigenvalue weighted by Crippen LogP contribution is 2.31. The van der Waals surface area contributed by atoms with Gasteiger partial charge in [-0.05, 0) is 46.3 Å². The van der Waals surface area contributed by atoms with Crippen LogP contribution in [0.25, 0.3) is 0 Å². The Hall–Kier alpha value is -2.19. The molecule has 0 aliphatic rings. The number of benzene rings is 2. The van der Waals surface area contributed by atoms with E-state index in [-0.39, 0.29) is 5.91 Å². The number of anilines is 1. The predicted molar refractivity (Wildman–Crippen MR) is 104 cm³/mol. The number of carbonyl (C=O) groups excluding carboxylic acids is 2. The van der Waals surface area contributed by atoms with Crippen LogP contribution in [0.4, 0.5) is 5.69 Å². The monoisotopic (exact) mass is 467 g/mol. The lowest BCUT2D eigenvalue weighted by Crippen LogP contribution is -2.18. The van der Waals surface area contributed by atoms with Crippen molar-refractivity contribution >= 4 is 55.6 Å². The number of methoxy groups -OCH3 is 1. The molecular weight excluding hydrogens is 454 g/mol. The van der Waals surface area contributed by atoms with Crippen molar-refractivity contribution in [2.24, 2.45) is 5.10 Å². The minimum absolute atomic E-state index is 0.206. The molecule has 2 aromatic rings. The molecule has 0 spiro atoms. The van der Waals surface area contributed by atoms with Crippen molar-refractivity contribution in [2.75, 3.05) is 12.4 Å². The fourth-order valence-electron chi connectivity index (χ4n) is 2.06. The molecule has 0 radical (unpaired) electrons. The van der Waals surface area contributed by atoms with Crippen LogP contribution in [-0.4, -0.2) is 25.1 Å². The number of rotatable bonds is 5. The number of hydrogen-bond donors (Lipinski definition) is 2. The second-order valence-electron chi connectivity index (χ2n) is 4.97. The Labute approximate surface area is 161 Å². The minimum atomic E-state index is -0.392. The number of hydrogen-bond acceptors (Lipinski definition) is 4. The van der Waals surface area contributed by atoms with Gasteiger partial charge in [0.25, 0.3) is 5.91 Å². The highest BCUT2D eigenvalue weighted by Gasteiger charge is 2.09. The van der Waals surface area contributed by atoms with Crippen molar-refractivity contribution in [3.63, 3.8) is 0 Å². The van der Waals surface area contributed by atoms with Gasteiger partial charge in [-0.15, -0.1) is 0 Å². The van der Waals surface area contributed by atoms with Crippen molar-refractivity contribution in [1.82, 2.24) is 5.43 Å². The van der Waals surface area contributed by atoms with E-state index in [1.807, 2.05) is 12.1 Å². The topological polar surface area (TPSA) is 79.8 Å². The summed E-state index contributed by atoms with van der Waals surface area (Å²) in [4.78, 5) is 23.3. The lowest BCUT2D eigenvalue weighted by molar-refractivity contribution is -0.114. The van der Waals surface area contributed by atoms with Crippen molar-refractivity contribution in [2.45, 2.75) is 6.92 Å². The summed E-state index contributed by atoms with van der Waals surface area (Å²) in [7, 11) is 1.55. The van der Waals surface area contributed by atoms with Gasteiger partial charge < -0.3 is 10.1 Å². The molecule has 25 heavy (non-hydrogen) atoms. The number of nitrogens with zero attached hydrogens (tertiary/aromatic N) is 1. The first-order valence-electron chi connectivity index (χ1n) is 7.15. The summed E-state index contributed by atoms with van der Waals surface area (Å²) >= 11 is 6.80. The second kappa shape index (κ2) is 8.77. The van der Waals surface area contributed by atoms with Crippen LogP contribution in [0.5, 0.6) is 5.75 Å². The van der Waals surface area contributed by atoms with E-state index in [0.717, 1.165) is 8.95 Å². The van der Waals surface area contributed by atoms with Gasteiger partial charge >= 0.3 is 0 Å². The summed E-state index contributed by atoms with van der Waals surface area (Å²) in [5.74, 6) is 0.00763. The molecule has 2 N–H and O–H groups in total. The van der Waals surface area contributed by atoms with Crippen LogP contribution in [0, 0.1) is 0 Å². The molecule has 0 aliphatic heterocycles. The largest absolute Gasteiger partial charge is 0.495 e. The predicted octanol–water partition coefficient (Wildman–Crippen LogP) is 3.94. The van der Waals surface area contributed by atoms with Crippen LogP contribution in [0.3, 0.4) is 0 Å². The first-order valence-corrected chi connectivity index (χ1v) is 8.73. The number of carbonyl (C=O) groups is 2. The third kappa shape index (κ3) is 5.40. The van der Waals surface area contributed by atoms with Crippen LogP contribution in [0.2, 0.25) is 0 Å². The quantitative estimate of drug-likeness (QED) is 0.515. The first-order chi connectivity index (χ1) is 11.9. The van der Waals surface area contributed by atoms with Gasteiger partial charge in [0.1, 0.15) is 5.75 Å². The molecule has 0 saturated carbocycles. The van der Waals surface area contributed by atoms with E-state index in [9.17, 15) is 9.59 Å². The van der Waals surface area contributed by atoms with E-state index in [1.54, 1.807) is 31.4 Å². The van der Waals surface area contributed by atoms with Crippen molar-refractivity contribution in [3.05, 3.63) is 56.5 Å². The van der Waals surface area contributed by atoms with Gasteiger partial charge in [0.15, 0.2) is 0 Å². The van der Waals surface area contributed by atoms with Gasteiger partial charge in [-0.3, -0.25) is 9.59 Å². The lowest BCUT2D eigenvalue weighted by Gasteiger charge is -2.08. The zero-order chi connectivity index (χ0) is 18.4. The zero-order valence-electron chi connectivity index (χ0n) is 13.5. The Kier molecular flexibility index (Phi) is 6.72. The lowest BCUT2D eigenvalue weighted by atomic mass is 10.2. The van der Waals surface area contributed by atoms with Crippen LogP contribution in [-0.2, 0) is 4.79 Å². The summed E-state index contributed by atoms with van der Waals surface area (Å²) < 4.78 is 6.92. The molecule has 0 unspecified atom stereocenters.